The van der Waals surface area contributed by atoms with E-state index >= 15 is 0 Å². The number of hydrazine groups is 1. The summed E-state index contributed by atoms with van der Waals surface area (Å²) in [5.41, 5.74) is 2.18. The summed E-state index contributed by atoms with van der Waals surface area (Å²) >= 11 is 0. The van der Waals surface area contributed by atoms with Crippen LogP contribution in [0.2, 0.25) is 0 Å². The van der Waals surface area contributed by atoms with Crippen molar-refractivity contribution < 1.29 is 4.79 Å². The molecule has 0 atom stereocenters. The van der Waals surface area contributed by atoms with Crippen LogP contribution in [0.3, 0.4) is 0 Å². The van der Waals surface area contributed by atoms with Gasteiger partial charge in [0, 0.05) is 13.0 Å². The van der Waals surface area contributed by atoms with Crippen LogP contribution in [0.25, 0.3) is 0 Å². The first kappa shape index (κ1) is 16.4. The van der Waals surface area contributed by atoms with E-state index in [4.69, 9.17) is 5.84 Å². The number of carbonyl (C=O) groups excluding carboxylic acids is 1. The van der Waals surface area contributed by atoms with Crippen molar-refractivity contribution in [3.8, 4) is 0 Å². The van der Waals surface area contributed by atoms with Crippen molar-refractivity contribution in [2.24, 2.45) is 17.7 Å². The van der Waals surface area contributed by atoms with Crippen LogP contribution in [-0.2, 0) is 4.79 Å². The van der Waals surface area contributed by atoms with Gasteiger partial charge in [-0.2, -0.15) is 0 Å². The number of carbonyl (C=O) groups is 1. The van der Waals surface area contributed by atoms with Crippen molar-refractivity contribution in [1.82, 2.24) is 10.3 Å². The summed E-state index contributed by atoms with van der Waals surface area (Å²) in [6.07, 6.45) is 2.86. The Morgan fingerprint density at radius 1 is 1.06 bits per heavy atom. The van der Waals surface area contributed by atoms with Gasteiger partial charge in [-0.3, -0.25) is 10.2 Å². The molecule has 4 heteroatoms. The van der Waals surface area contributed by atoms with Crippen LogP contribution in [0.4, 0.5) is 0 Å². The highest BCUT2D eigenvalue weighted by atomic mass is 16.2. The van der Waals surface area contributed by atoms with Gasteiger partial charge < -0.3 is 4.90 Å². The van der Waals surface area contributed by atoms with Gasteiger partial charge >= 0.3 is 0 Å². The lowest BCUT2D eigenvalue weighted by atomic mass is 10.1. The van der Waals surface area contributed by atoms with E-state index in [2.05, 4.69) is 38.0 Å². The van der Waals surface area contributed by atoms with Crippen LogP contribution in [-0.4, -0.2) is 30.4 Å². The number of nitrogens with zero attached hydrogens (tertiary/aromatic N) is 1. The van der Waals surface area contributed by atoms with Crippen LogP contribution in [0.5, 0.6) is 0 Å². The van der Waals surface area contributed by atoms with E-state index in [1.54, 1.807) is 0 Å². The largest absolute Gasteiger partial charge is 0.303 e. The van der Waals surface area contributed by atoms with Gasteiger partial charge in [0.25, 0.3) is 0 Å². The van der Waals surface area contributed by atoms with Crippen molar-refractivity contribution in [3.63, 3.8) is 0 Å². The molecule has 0 rings (SSSR count). The van der Waals surface area contributed by atoms with Crippen molar-refractivity contribution in [3.05, 3.63) is 0 Å². The molecule has 17 heavy (non-hydrogen) atoms. The van der Waals surface area contributed by atoms with Crippen LogP contribution < -0.4 is 11.3 Å². The SMILES string of the molecule is CC(C)CCN(CCC(=O)NN)CCC(C)C. The Labute approximate surface area is 106 Å². The molecule has 0 aliphatic rings. The summed E-state index contributed by atoms with van der Waals surface area (Å²) in [4.78, 5) is 13.5. The minimum atomic E-state index is -0.0795. The first-order chi connectivity index (χ1) is 7.95. The lowest BCUT2D eigenvalue weighted by molar-refractivity contribution is -0.121. The summed E-state index contributed by atoms with van der Waals surface area (Å²) in [5.74, 6) is 6.42. The Morgan fingerprint density at radius 3 is 1.88 bits per heavy atom. The van der Waals surface area contributed by atoms with Crippen LogP contribution in [0.15, 0.2) is 0 Å². The molecule has 0 aromatic heterocycles. The fourth-order valence-electron chi connectivity index (χ4n) is 1.55. The molecule has 0 heterocycles. The first-order valence-electron chi connectivity index (χ1n) is 6.67. The van der Waals surface area contributed by atoms with Crippen molar-refractivity contribution in [1.29, 1.82) is 0 Å². The zero-order chi connectivity index (χ0) is 13.3. The quantitative estimate of drug-likeness (QED) is 0.368. The molecule has 4 nitrogen and oxygen atoms in total. The smallest absolute Gasteiger partial charge is 0.235 e. The lowest BCUT2D eigenvalue weighted by Gasteiger charge is -2.23. The second-order valence-electron chi connectivity index (χ2n) is 5.52. The normalized spacial score (nSPS) is 11.5. The first-order valence-corrected chi connectivity index (χ1v) is 6.67. The fraction of sp³-hybridized carbons (Fsp3) is 0.923. The van der Waals surface area contributed by atoms with Gasteiger partial charge in [0.05, 0.1) is 0 Å². The van der Waals surface area contributed by atoms with Crippen molar-refractivity contribution >= 4 is 5.91 Å². The topological polar surface area (TPSA) is 58.4 Å². The van der Waals surface area contributed by atoms with Gasteiger partial charge in [-0.05, 0) is 37.8 Å². The Morgan fingerprint density at radius 2 is 1.53 bits per heavy atom. The minimum Gasteiger partial charge on any atom is -0.303 e. The zero-order valence-electron chi connectivity index (χ0n) is 11.8. The average Bonchev–Trinajstić information content (AvgIpc) is 2.26. The molecule has 0 fully saturated rings. The molecule has 0 aliphatic heterocycles. The molecule has 0 aromatic rings. The summed E-state index contributed by atoms with van der Waals surface area (Å²) < 4.78 is 0. The fourth-order valence-corrected chi connectivity index (χ4v) is 1.55. The van der Waals surface area contributed by atoms with E-state index in [0.717, 1.165) is 19.6 Å². The predicted octanol–water partition coefficient (Wildman–Crippen LogP) is 1.76. The maximum absolute atomic E-state index is 11.1. The number of hydrogen-bond donors (Lipinski definition) is 2. The second-order valence-corrected chi connectivity index (χ2v) is 5.52. The zero-order valence-corrected chi connectivity index (χ0v) is 11.8. The molecule has 0 bridgehead atoms. The molecule has 0 unspecified atom stereocenters. The van der Waals surface area contributed by atoms with Gasteiger partial charge in [-0.1, -0.05) is 27.7 Å². The van der Waals surface area contributed by atoms with E-state index in [-0.39, 0.29) is 5.91 Å². The van der Waals surface area contributed by atoms with Crippen molar-refractivity contribution in [2.75, 3.05) is 19.6 Å². The highest BCUT2D eigenvalue weighted by Gasteiger charge is 2.09. The van der Waals surface area contributed by atoms with E-state index in [0.29, 0.717) is 18.3 Å². The minimum absolute atomic E-state index is 0.0795. The molecule has 0 aromatic carbocycles. The maximum atomic E-state index is 11.1. The molecular formula is C13H29N3O. The molecule has 0 aliphatic carbocycles. The molecule has 0 spiro atoms. The van der Waals surface area contributed by atoms with Gasteiger partial charge in [0.15, 0.2) is 0 Å². The van der Waals surface area contributed by atoms with E-state index in [1.165, 1.54) is 12.8 Å². The molecule has 0 saturated carbocycles. The Bertz CT molecular complexity index is 193. The van der Waals surface area contributed by atoms with E-state index in [1.807, 2.05) is 0 Å². The van der Waals surface area contributed by atoms with E-state index in [9.17, 15) is 4.79 Å². The third-order valence-electron chi connectivity index (χ3n) is 2.86. The number of nitrogens with two attached hydrogens (primary N) is 1. The lowest BCUT2D eigenvalue weighted by Crippen LogP contribution is -2.35. The summed E-state index contributed by atoms with van der Waals surface area (Å²) in [7, 11) is 0. The number of hydrogen-bond acceptors (Lipinski definition) is 3. The van der Waals surface area contributed by atoms with Crippen molar-refractivity contribution in [2.45, 2.75) is 47.0 Å². The Balaban J connectivity index is 3.96. The average molecular weight is 243 g/mol. The summed E-state index contributed by atoms with van der Waals surface area (Å²) in [5, 5.41) is 0. The molecule has 102 valence electrons. The predicted molar refractivity (Wildman–Crippen MR) is 72.3 cm³/mol. The molecular weight excluding hydrogens is 214 g/mol. The highest BCUT2D eigenvalue weighted by molar-refractivity contribution is 5.75. The molecule has 1 amide bonds. The summed E-state index contributed by atoms with van der Waals surface area (Å²) in [6, 6.07) is 0. The Hall–Kier alpha value is -0.610. The standard InChI is InChI=1S/C13H29N3O/c1-11(2)5-8-16(9-6-12(3)4)10-7-13(17)15-14/h11-12H,5-10,14H2,1-4H3,(H,15,17). The van der Waals surface area contributed by atoms with Gasteiger partial charge in [-0.25, -0.2) is 5.84 Å². The number of nitrogens with one attached hydrogen (secondary N) is 1. The summed E-state index contributed by atoms with van der Waals surface area (Å²) in [6.45, 7) is 11.9. The highest BCUT2D eigenvalue weighted by Crippen LogP contribution is 2.07. The van der Waals surface area contributed by atoms with Crippen LogP contribution in [0.1, 0.15) is 47.0 Å². The molecule has 0 radical (unpaired) electrons. The monoisotopic (exact) mass is 243 g/mol. The second kappa shape index (κ2) is 9.42. The number of rotatable bonds is 9. The van der Waals surface area contributed by atoms with E-state index < -0.39 is 0 Å². The van der Waals surface area contributed by atoms with Gasteiger partial charge in [0.2, 0.25) is 5.91 Å². The van der Waals surface area contributed by atoms with Crippen LogP contribution in [0, 0.1) is 11.8 Å². The van der Waals surface area contributed by atoms with Crippen LogP contribution >= 0.6 is 0 Å². The molecule has 0 saturated heterocycles. The third-order valence-corrected chi connectivity index (χ3v) is 2.86. The number of amides is 1. The maximum Gasteiger partial charge on any atom is 0.235 e. The van der Waals surface area contributed by atoms with Gasteiger partial charge in [0.1, 0.15) is 0 Å². The Kier molecular flexibility index (Phi) is 9.09. The van der Waals surface area contributed by atoms with Gasteiger partial charge in [-0.15, -0.1) is 0 Å². The molecule has 3 N–H and O–H groups in total. The third kappa shape index (κ3) is 10.3.